The van der Waals surface area contributed by atoms with Crippen LogP contribution in [0.5, 0.6) is 0 Å². The fourth-order valence-electron chi connectivity index (χ4n) is 3.25. The van der Waals surface area contributed by atoms with Crippen molar-refractivity contribution in [2.24, 2.45) is 5.92 Å². The molecule has 1 aliphatic heterocycles. The monoisotopic (exact) mass is 283 g/mol. The van der Waals surface area contributed by atoms with Crippen molar-refractivity contribution in [2.45, 2.75) is 38.0 Å². The lowest BCUT2D eigenvalue weighted by Crippen LogP contribution is -2.20. The van der Waals surface area contributed by atoms with E-state index in [-0.39, 0.29) is 12.2 Å². The van der Waals surface area contributed by atoms with Crippen LogP contribution in [0.25, 0.3) is 0 Å². The lowest BCUT2D eigenvalue weighted by atomic mass is 9.97. The van der Waals surface area contributed by atoms with Gasteiger partial charge in [-0.1, -0.05) is 24.3 Å². The number of nitrogens with zero attached hydrogens (tertiary/aromatic N) is 1. The van der Waals surface area contributed by atoms with Gasteiger partial charge in [-0.05, 0) is 47.9 Å². The van der Waals surface area contributed by atoms with Gasteiger partial charge >= 0.3 is 0 Å². The Hall–Kier alpha value is -1.58. The zero-order valence-electron chi connectivity index (χ0n) is 12.1. The highest BCUT2D eigenvalue weighted by atomic mass is 16.5. The first-order valence-electron chi connectivity index (χ1n) is 7.84. The molecule has 2 aliphatic rings. The van der Waals surface area contributed by atoms with E-state index in [9.17, 15) is 5.11 Å². The second-order valence-corrected chi connectivity index (χ2v) is 6.23. The molecule has 0 radical (unpaired) electrons. The van der Waals surface area contributed by atoms with Crippen LogP contribution in [0.1, 0.15) is 41.7 Å². The van der Waals surface area contributed by atoms with E-state index in [0.29, 0.717) is 5.92 Å². The molecule has 3 heteroatoms. The number of ether oxygens (including phenoxy) is 1. The van der Waals surface area contributed by atoms with E-state index in [4.69, 9.17) is 4.74 Å². The summed E-state index contributed by atoms with van der Waals surface area (Å²) in [6.45, 7) is 1.61. The average Bonchev–Trinajstić information content (AvgIpc) is 3.27. The maximum atomic E-state index is 10.2. The fraction of sp³-hybridized carbons (Fsp3) is 0.444. The molecule has 1 fully saturated rings. The smallest absolute Gasteiger partial charge is 0.101 e. The highest BCUT2D eigenvalue weighted by Crippen LogP contribution is 2.41. The van der Waals surface area contributed by atoms with Crippen molar-refractivity contribution in [2.75, 3.05) is 6.61 Å². The molecular weight excluding hydrogens is 262 g/mol. The van der Waals surface area contributed by atoms with Gasteiger partial charge in [-0.25, -0.2) is 0 Å². The van der Waals surface area contributed by atoms with Gasteiger partial charge in [0.25, 0.3) is 0 Å². The third-order valence-electron chi connectivity index (χ3n) is 4.65. The number of aromatic nitrogens is 1. The molecule has 2 unspecified atom stereocenters. The largest absolute Gasteiger partial charge is 0.388 e. The summed E-state index contributed by atoms with van der Waals surface area (Å²) in [4.78, 5) is 0. The Labute approximate surface area is 125 Å². The van der Waals surface area contributed by atoms with Crippen LogP contribution < -0.4 is 0 Å². The normalized spacial score (nSPS) is 22.8. The lowest BCUT2D eigenvalue weighted by molar-refractivity contribution is 0.0306. The minimum Gasteiger partial charge on any atom is -0.388 e. The third-order valence-corrected chi connectivity index (χ3v) is 4.65. The summed E-state index contributed by atoms with van der Waals surface area (Å²) in [7, 11) is 0. The van der Waals surface area contributed by atoms with E-state index in [0.717, 1.165) is 38.0 Å². The number of benzene rings is 1. The quantitative estimate of drug-likeness (QED) is 0.934. The van der Waals surface area contributed by atoms with Gasteiger partial charge in [0.1, 0.15) is 6.10 Å². The topological polar surface area (TPSA) is 34.4 Å². The predicted molar refractivity (Wildman–Crippen MR) is 81.0 cm³/mol. The molecule has 1 aromatic heterocycles. The average molecular weight is 283 g/mol. The van der Waals surface area contributed by atoms with Crippen LogP contribution in [0.2, 0.25) is 0 Å². The standard InChI is InChI=1S/C18H21NO2/c20-18(14-5-6-14)15-7-9-19(11-15)12-17-16-4-2-1-3-13(16)8-10-21-17/h1-4,7,9,11,14,17-18,20H,5-6,8,10,12H2. The molecule has 3 nitrogen and oxygen atoms in total. The molecule has 2 atom stereocenters. The van der Waals surface area contributed by atoms with Crippen LogP contribution in [-0.2, 0) is 17.7 Å². The molecule has 4 rings (SSSR count). The number of rotatable bonds is 4. The van der Waals surface area contributed by atoms with E-state index in [1.54, 1.807) is 0 Å². The fourth-order valence-corrected chi connectivity index (χ4v) is 3.25. The van der Waals surface area contributed by atoms with Gasteiger partial charge in [-0.15, -0.1) is 0 Å². The van der Waals surface area contributed by atoms with E-state index in [1.165, 1.54) is 11.1 Å². The summed E-state index contributed by atoms with van der Waals surface area (Å²) < 4.78 is 8.10. The van der Waals surface area contributed by atoms with E-state index < -0.39 is 0 Å². The molecule has 0 amide bonds. The van der Waals surface area contributed by atoms with Gasteiger partial charge < -0.3 is 14.4 Å². The Morgan fingerprint density at radius 1 is 1.24 bits per heavy atom. The highest BCUT2D eigenvalue weighted by Gasteiger charge is 2.31. The van der Waals surface area contributed by atoms with E-state index >= 15 is 0 Å². The lowest BCUT2D eigenvalue weighted by Gasteiger charge is -2.26. The maximum Gasteiger partial charge on any atom is 0.101 e. The Morgan fingerprint density at radius 3 is 2.95 bits per heavy atom. The SMILES string of the molecule is OC(c1ccn(CC2OCCc3ccccc32)c1)C1CC1. The minimum absolute atomic E-state index is 0.119. The summed E-state index contributed by atoms with van der Waals surface area (Å²) in [6.07, 6.45) is 7.28. The van der Waals surface area contributed by atoms with Crippen LogP contribution in [-0.4, -0.2) is 16.3 Å². The van der Waals surface area contributed by atoms with Gasteiger partial charge in [-0.2, -0.15) is 0 Å². The molecular formula is C18H21NO2. The van der Waals surface area contributed by atoms with Crippen molar-refractivity contribution in [3.05, 3.63) is 59.4 Å². The summed E-state index contributed by atoms with van der Waals surface area (Å²) in [6, 6.07) is 10.6. The molecule has 0 spiro atoms. The number of aliphatic hydroxyl groups is 1. The number of hydrogen-bond donors (Lipinski definition) is 1. The zero-order valence-corrected chi connectivity index (χ0v) is 12.1. The maximum absolute atomic E-state index is 10.2. The van der Waals surface area contributed by atoms with Crippen molar-refractivity contribution in [3.63, 3.8) is 0 Å². The number of aliphatic hydroxyl groups excluding tert-OH is 1. The third kappa shape index (κ3) is 2.63. The van der Waals surface area contributed by atoms with Crippen molar-refractivity contribution < 1.29 is 9.84 Å². The molecule has 2 heterocycles. The Kier molecular flexibility index (Phi) is 3.32. The zero-order chi connectivity index (χ0) is 14.2. The first-order chi connectivity index (χ1) is 10.3. The first kappa shape index (κ1) is 13.1. The summed E-state index contributed by atoms with van der Waals surface area (Å²) in [5.74, 6) is 0.479. The molecule has 21 heavy (non-hydrogen) atoms. The van der Waals surface area contributed by atoms with Gasteiger partial charge in [0, 0.05) is 12.4 Å². The van der Waals surface area contributed by atoms with Crippen molar-refractivity contribution in [1.29, 1.82) is 0 Å². The van der Waals surface area contributed by atoms with Crippen LogP contribution in [0, 0.1) is 5.92 Å². The van der Waals surface area contributed by atoms with Crippen molar-refractivity contribution >= 4 is 0 Å². The highest BCUT2D eigenvalue weighted by molar-refractivity contribution is 5.31. The summed E-state index contributed by atoms with van der Waals surface area (Å²) >= 11 is 0. The first-order valence-corrected chi connectivity index (χ1v) is 7.84. The van der Waals surface area contributed by atoms with Crippen LogP contribution >= 0.6 is 0 Å². The molecule has 1 aliphatic carbocycles. The molecule has 1 saturated carbocycles. The second kappa shape index (κ2) is 5.32. The second-order valence-electron chi connectivity index (χ2n) is 6.23. The van der Waals surface area contributed by atoms with Crippen LogP contribution in [0.3, 0.4) is 0 Å². The Morgan fingerprint density at radius 2 is 2.10 bits per heavy atom. The van der Waals surface area contributed by atoms with Gasteiger partial charge in [0.15, 0.2) is 0 Å². The molecule has 0 bridgehead atoms. The molecule has 0 saturated heterocycles. The Bertz CT molecular complexity index is 630. The van der Waals surface area contributed by atoms with Crippen molar-refractivity contribution in [1.82, 2.24) is 4.57 Å². The van der Waals surface area contributed by atoms with Crippen molar-refractivity contribution in [3.8, 4) is 0 Å². The van der Waals surface area contributed by atoms with E-state index in [2.05, 4.69) is 41.2 Å². The summed E-state index contributed by atoms with van der Waals surface area (Å²) in [5, 5.41) is 10.2. The number of fused-ring (bicyclic) bond motifs is 1. The van der Waals surface area contributed by atoms with Gasteiger partial charge in [0.2, 0.25) is 0 Å². The van der Waals surface area contributed by atoms with Gasteiger partial charge in [-0.3, -0.25) is 0 Å². The van der Waals surface area contributed by atoms with Gasteiger partial charge in [0.05, 0.1) is 19.3 Å². The molecule has 1 N–H and O–H groups in total. The molecule has 1 aromatic carbocycles. The predicted octanol–water partition coefficient (Wildman–Crippen LogP) is 3.25. The molecule has 2 aromatic rings. The Balaban J connectivity index is 1.51. The van der Waals surface area contributed by atoms with Crippen LogP contribution in [0.4, 0.5) is 0 Å². The van der Waals surface area contributed by atoms with Crippen LogP contribution in [0.15, 0.2) is 42.7 Å². The number of hydrogen-bond acceptors (Lipinski definition) is 2. The molecule has 110 valence electrons. The van der Waals surface area contributed by atoms with E-state index in [1.807, 2.05) is 6.07 Å². The minimum atomic E-state index is -0.286. The summed E-state index contributed by atoms with van der Waals surface area (Å²) in [5.41, 5.74) is 3.75.